The Labute approximate surface area is 119 Å². The fourth-order valence-corrected chi connectivity index (χ4v) is 1.89. The Bertz CT molecular complexity index is 827. The smallest absolute Gasteiger partial charge is 0.332 e. The highest BCUT2D eigenvalue weighted by Gasteiger charge is 2.14. The fourth-order valence-electron chi connectivity index (χ4n) is 1.89. The maximum atomic E-state index is 12.1. The van der Waals surface area contributed by atoms with Crippen molar-refractivity contribution in [2.45, 2.75) is 6.54 Å². The van der Waals surface area contributed by atoms with Crippen molar-refractivity contribution in [1.29, 1.82) is 5.26 Å². The van der Waals surface area contributed by atoms with Gasteiger partial charge in [-0.2, -0.15) is 5.26 Å². The number of aromatic nitrogens is 2. The zero-order valence-electron chi connectivity index (χ0n) is 11.2. The molecule has 0 amide bonds. The molecule has 0 saturated heterocycles. The van der Waals surface area contributed by atoms with Crippen LogP contribution < -0.4 is 22.5 Å². The second kappa shape index (κ2) is 5.52. The first-order valence-corrected chi connectivity index (χ1v) is 5.98. The highest BCUT2D eigenvalue weighted by atomic mass is 16.5. The monoisotopic (exact) mass is 287 g/mol. The summed E-state index contributed by atoms with van der Waals surface area (Å²) in [5.74, 6) is -0.149. The Kier molecular flexibility index (Phi) is 3.77. The molecule has 1 aromatic heterocycles. The maximum Gasteiger partial charge on any atom is 0.332 e. The van der Waals surface area contributed by atoms with Crippen LogP contribution in [-0.4, -0.2) is 14.3 Å². The third kappa shape index (κ3) is 2.50. The number of nitrogen functional groups attached to an aromatic ring is 1. The van der Waals surface area contributed by atoms with Gasteiger partial charge in [-0.05, 0) is 17.7 Å². The molecule has 1 aromatic carbocycles. The molecule has 0 aliphatic heterocycles. The lowest BCUT2D eigenvalue weighted by atomic mass is 10.1. The van der Waals surface area contributed by atoms with E-state index in [-0.39, 0.29) is 18.1 Å². The second-order valence-corrected chi connectivity index (χ2v) is 4.41. The molecule has 4 N–H and O–H groups in total. The third-order valence-corrected chi connectivity index (χ3v) is 3.13. The van der Waals surface area contributed by atoms with Crippen molar-refractivity contribution in [2.24, 2.45) is 7.05 Å². The number of benzene rings is 1. The van der Waals surface area contributed by atoms with Crippen LogP contribution in [0.25, 0.3) is 0 Å². The van der Waals surface area contributed by atoms with Gasteiger partial charge < -0.3 is 5.73 Å². The van der Waals surface area contributed by atoms with Gasteiger partial charge in [-0.15, -0.1) is 0 Å². The summed E-state index contributed by atoms with van der Waals surface area (Å²) < 4.78 is 2.00. The average Bonchev–Trinajstić information content (AvgIpc) is 2.51. The van der Waals surface area contributed by atoms with Crippen LogP contribution in [0.2, 0.25) is 0 Å². The minimum atomic E-state index is -0.720. The number of nitrogens with one attached hydrogen (secondary N) is 1. The summed E-state index contributed by atoms with van der Waals surface area (Å²) in [7, 11) is 1.40. The molecule has 21 heavy (non-hydrogen) atoms. The van der Waals surface area contributed by atoms with Crippen molar-refractivity contribution in [1.82, 2.24) is 9.13 Å². The molecule has 0 atom stereocenters. The van der Waals surface area contributed by atoms with Gasteiger partial charge in [0.15, 0.2) is 5.69 Å². The van der Waals surface area contributed by atoms with Crippen molar-refractivity contribution >= 4 is 11.5 Å². The number of rotatable bonds is 3. The summed E-state index contributed by atoms with van der Waals surface area (Å²) in [5.41, 5.74) is 6.87. The molecular weight excluding hydrogens is 274 g/mol. The Morgan fingerprint density at radius 3 is 2.48 bits per heavy atom. The molecule has 0 radical (unpaired) electrons. The van der Waals surface area contributed by atoms with E-state index in [1.54, 1.807) is 29.7 Å². The molecule has 0 bridgehead atoms. The number of nitrogens with zero attached hydrogens (tertiary/aromatic N) is 3. The third-order valence-electron chi connectivity index (χ3n) is 3.13. The van der Waals surface area contributed by atoms with Crippen molar-refractivity contribution < 1.29 is 5.21 Å². The molecule has 0 unspecified atom stereocenters. The minimum Gasteiger partial charge on any atom is -0.383 e. The largest absolute Gasteiger partial charge is 0.383 e. The van der Waals surface area contributed by atoms with Crippen LogP contribution in [0.15, 0.2) is 33.9 Å². The molecule has 0 aliphatic carbocycles. The summed E-state index contributed by atoms with van der Waals surface area (Å²) in [4.78, 5) is 24.2. The van der Waals surface area contributed by atoms with Crippen LogP contribution in [0.1, 0.15) is 11.1 Å². The van der Waals surface area contributed by atoms with Crippen LogP contribution in [0.5, 0.6) is 0 Å². The topological polar surface area (TPSA) is 126 Å². The fraction of sp³-hybridized carbons (Fsp3) is 0.154. The Morgan fingerprint density at radius 2 is 1.95 bits per heavy atom. The summed E-state index contributed by atoms with van der Waals surface area (Å²) in [6.07, 6.45) is 0. The van der Waals surface area contributed by atoms with E-state index in [1.807, 2.05) is 6.07 Å². The van der Waals surface area contributed by atoms with Gasteiger partial charge in [0.05, 0.1) is 18.2 Å². The van der Waals surface area contributed by atoms with Gasteiger partial charge in [0.1, 0.15) is 5.82 Å². The SMILES string of the molecule is Cn1c(N)c(NO)c(=O)n(Cc2ccc(C#N)cc2)c1=O. The van der Waals surface area contributed by atoms with E-state index in [1.165, 1.54) is 7.05 Å². The number of nitrogens with two attached hydrogens (primary N) is 1. The molecular formula is C13H13N5O3. The second-order valence-electron chi connectivity index (χ2n) is 4.41. The van der Waals surface area contributed by atoms with Crippen molar-refractivity contribution in [3.63, 3.8) is 0 Å². The minimum absolute atomic E-state index is 0.00613. The highest BCUT2D eigenvalue weighted by Crippen LogP contribution is 2.09. The zero-order chi connectivity index (χ0) is 15.6. The van der Waals surface area contributed by atoms with E-state index in [4.69, 9.17) is 16.2 Å². The quantitative estimate of drug-likeness (QED) is 0.674. The van der Waals surface area contributed by atoms with Gasteiger partial charge in [-0.25, -0.2) is 4.79 Å². The van der Waals surface area contributed by atoms with Crippen molar-refractivity contribution in [3.8, 4) is 6.07 Å². The molecule has 108 valence electrons. The maximum absolute atomic E-state index is 12.1. The van der Waals surface area contributed by atoms with Crippen molar-refractivity contribution in [3.05, 3.63) is 56.2 Å². The molecule has 8 heteroatoms. The standard InChI is InChI=1S/C13H13N5O3/c1-17-11(15)10(16-21)12(19)18(13(17)20)7-9-4-2-8(6-14)3-5-9/h2-5,16,21H,7,15H2,1H3. The first-order chi connectivity index (χ1) is 9.99. The summed E-state index contributed by atoms with van der Waals surface area (Å²) in [5, 5.41) is 17.7. The predicted octanol–water partition coefficient (Wildman–Crippen LogP) is -0.150. The Hall–Kier alpha value is -3.05. The Balaban J connectivity index is 2.54. The molecule has 0 saturated carbocycles. The van der Waals surface area contributed by atoms with Gasteiger partial charge in [-0.3, -0.25) is 24.6 Å². The molecule has 0 aliphatic rings. The predicted molar refractivity (Wildman–Crippen MR) is 76.0 cm³/mol. The van der Waals surface area contributed by atoms with Crippen LogP contribution in [-0.2, 0) is 13.6 Å². The van der Waals surface area contributed by atoms with E-state index < -0.39 is 11.2 Å². The number of hydrogen-bond acceptors (Lipinski definition) is 6. The summed E-state index contributed by atoms with van der Waals surface area (Å²) in [6, 6.07) is 8.45. The molecule has 0 spiro atoms. The van der Waals surface area contributed by atoms with E-state index in [0.29, 0.717) is 11.1 Å². The van der Waals surface area contributed by atoms with Crippen LogP contribution in [0, 0.1) is 11.3 Å². The molecule has 8 nitrogen and oxygen atoms in total. The lowest BCUT2D eigenvalue weighted by Gasteiger charge is -2.12. The number of nitriles is 1. The number of hydrogen-bond donors (Lipinski definition) is 3. The van der Waals surface area contributed by atoms with Gasteiger partial charge >= 0.3 is 5.69 Å². The molecule has 2 aromatic rings. The lowest BCUT2D eigenvalue weighted by Crippen LogP contribution is -2.41. The summed E-state index contributed by atoms with van der Waals surface area (Å²) in [6.45, 7) is 0.00613. The normalized spacial score (nSPS) is 10.1. The molecule has 0 fully saturated rings. The summed E-state index contributed by atoms with van der Waals surface area (Å²) >= 11 is 0. The lowest BCUT2D eigenvalue weighted by molar-refractivity contribution is 0.386. The van der Waals surface area contributed by atoms with Gasteiger partial charge in [0.2, 0.25) is 0 Å². The van der Waals surface area contributed by atoms with Crippen LogP contribution in [0.4, 0.5) is 11.5 Å². The van der Waals surface area contributed by atoms with Gasteiger partial charge in [0, 0.05) is 7.05 Å². The van der Waals surface area contributed by atoms with E-state index in [9.17, 15) is 9.59 Å². The van der Waals surface area contributed by atoms with Crippen LogP contribution in [0.3, 0.4) is 0 Å². The first-order valence-electron chi connectivity index (χ1n) is 5.98. The zero-order valence-corrected chi connectivity index (χ0v) is 11.2. The average molecular weight is 287 g/mol. The molecule has 2 rings (SSSR count). The van der Waals surface area contributed by atoms with Gasteiger partial charge in [0.25, 0.3) is 5.56 Å². The van der Waals surface area contributed by atoms with Crippen molar-refractivity contribution in [2.75, 3.05) is 11.2 Å². The van der Waals surface area contributed by atoms with E-state index >= 15 is 0 Å². The van der Waals surface area contributed by atoms with E-state index in [0.717, 1.165) is 9.13 Å². The van der Waals surface area contributed by atoms with E-state index in [2.05, 4.69) is 0 Å². The van der Waals surface area contributed by atoms with Crippen LogP contribution >= 0.6 is 0 Å². The highest BCUT2D eigenvalue weighted by molar-refractivity contribution is 5.59. The van der Waals surface area contributed by atoms with Gasteiger partial charge in [-0.1, -0.05) is 12.1 Å². The number of anilines is 2. The molecule has 1 heterocycles. The first kappa shape index (κ1) is 14.4. The Morgan fingerprint density at radius 1 is 1.33 bits per heavy atom.